The average molecular weight is 529 g/mol. The molecule has 1 heterocycles. The molecule has 2 aliphatic carbocycles. The van der Waals surface area contributed by atoms with E-state index in [1.165, 1.54) is 24.5 Å². The molecule has 0 aromatic heterocycles. The van der Waals surface area contributed by atoms with Crippen LogP contribution in [0.15, 0.2) is 42.5 Å². The summed E-state index contributed by atoms with van der Waals surface area (Å²) < 4.78 is 53.4. The molecule has 3 atom stereocenters. The zero-order valence-corrected chi connectivity index (χ0v) is 21.2. The molecule has 3 fully saturated rings. The molecule has 2 aromatic carbocycles. The van der Waals surface area contributed by atoms with Gasteiger partial charge in [-0.1, -0.05) is 12.1 Å². The van der Waals surface area contributed by atoms with E-state index in [1.807, 2.05) is 12.1 Å². The Morgan fingerprint density at radius 3 is 2.68 bits per heavy atom. The number of amides is 2. The molecule has 1 unspecified atom stereocenters. The van der Waals surface area contributed by atoms with Crippen LogP contribution >= 0.6 is 0 Å². The van der Waals surface area contributed by atoms with Crippen LogP contribution in [-0.4, -0.2) is 48.1 Å². The fourth-order valence-electron chi connectivity index (χ4n) is 6.48. The van der Waals surface area contributed by atoms with Crippen LogP contribution in [-0.2, 0) is 11.6 Å². The highest BCUT2D eigenvalue weighted by atomic mass is 19.4. The van der Waals surface area contributed by atoms with Crippen molar-refractivity contribution in [1.82, 2.24) is 9.80 Å². The Morgan fingerprint density at radius 1 is 1.18 bits per heavy atom. The fraction of sp³-hybridized carbons (Fsp3) is 0.517. The third-order valence-corrected chi connectivity index (χ3v) is 8.58. The highest BCUT2D eigenvalue weighted by Gasteiger charge is 2.58. The summed E-state index contributed by atoms with van der Waals surface area (Å²) >= 11 is 0. The molecule has 38 heavy (non-hydrogen) atoms. The third kappa shape index (κ3) is 5.51. The number of likely N-dealkylation sites (tertiary alicyclic amines) is 1. The number of urea groups is 1. The summed E-state index contributed by atoms with van der Waals surface area (Å²) in [6, 6.07) is 12.1. The van der Waals surface area contributed by atoms with Gasteiger partial charge in [-0.3, -0.25) is 0 Å². The average Bonchev–Trinajstić information content (AvgIpc) is 3.41. The first kappa shape index (κ1) is 26.5. The molecule has 2 saturated carbocycles. The van der Waals surface area contributed by atoms with Crippen molar-refractivity contribution in [2.45, 2.75) is 62.6 Å². The largest absolute Gasteiger partial charge is 0.419 e. The lowest BCUT2D eigenvalue weighted by Crippen LogP contribution is -2.46. The molecule has 0 radical (unpaired) electrons. The van der Waals surface area contributed by atoms with Crippen molar-refractivity contribution in [2.24, 2.45) is 5.92 Å². The topological polar surface area (TPSA) is 59.4 Å². The van der Waals surface area contributed by atoms with Gasteiger partial charge in [0, 0.05) is 18.3 Å². The zero-order valence-electron chi connectivity index (χ0n) is 21.2. The maximum absolute atomic E-state index is 13.8. The highest BCUT2D eigenvalue weighted by molar-refractivity contribution is 5.89. The maximum atomic E-state index is 13.8. The van der Waals surface area contributed by atoms with E-state index in [-0.39, 0.29) is 17.1 Å². The first-order valence-corrected chi connectivity index (χ1v) is 13.4. The number of rotatable bonds is 7. The molecule has 0 bridgehead atoms. The fourth-order valence-corrected chi connectivity index (χ4v) is 6.48. The summed E-state index contributed by atoms with van der Waals surface area (Å²) in [5, 5.41) is 11.9. The molecule has 3 aliphatic rings. The molecule has 1 saturated heterocycles. The van der Waals surface area contributed by atoms with Crippen molar-refractivity contribution < 1.29 is 22.4 Å². The Labute approximate surface area is 220 Å². The highest BCUT2D eigenvalue weighted by Crippen LogP contribution is 2.63. The van der Waals surface area contributed by atoms with E-state index in [9.17, 15) is 27.6 Å². The van der Waals surface area contributed by atoms with E-state index in [2.05, 4.69) is 22.4 Å². The SMILES string of the molecule is N#Cc1cccc([C@]23CC[C@@H](N(CCCN4CCCC4)C(=O)Nc4ccc(F)c(C(F)(F)F)c4)CC2C3)c1. The van der Waals surface area contributed by atoms with Gasteiger partial charge in [0.2, 0.25) is 0 Å². The Bertz CT molecular complexity index is 1220. The number of nitrogens with zero attached hydrogens (tertiary/aromatic N) is 3. The second-order valence-corrected chi connectivity index (χ2v) is 10.9. The predicted octanol–water partition coefficient (Wildman–Crippen LogP) is 6.55. The second-order valence-electron chi connectivity index (χ2n) is 10.9. The van der Waals surface area contributed by atoms with Gasteiger partial charge in [-0.15, -0.1) is 0 Å². The van der Waals surface area contributed by atoms with Gasteiger partial charge in [0.25, 0.3) is 0 Å². The van der Waals surface area contributed by atoms with E-state index in [1.54, 1.807) is 11.0 Å². The quantitative estimate of drug-likeness (QED) is 0.415. The lowest BCUT2D eigenvalue weighted by Gasteiger charge is -2.37. The van der Waals surface area contributed by atoms with Crippen LogP contribution in [0.4, 0.5) is 28.0 Å². The van der Waals surface area contributed by atoms with Gasteiger partial charge in [0.15, 0.2) is 0 Å². The molecule has 0 spiro atoms. The minimum Gasteiger partial charge on any atom is -0.321 e. The number of halogens is 4. The lowest BCUT2D eigenvalue weighted by molar-refractivity contribution is -0.139. The molecule has 5 nitrogen and oxygen atoms in total. The number of hydrogen-bond acceptors (Lipinski definition) is 3. The summed E-state index contributed by atoms with van der Waals surface area (Å²) in [5.74, 6) is -0.970. The Balaban J connectivity index is 1.30. The van der Waals surface area contributed by atoms with Gasteiger partial charge in [-0.2, -0.15) is 18.4 Å². The molecule has 1 aliphatic heterocycles. The first-order valence-electron chi connectivity index (χ1n) is 13.4. The number of carbonyl (C=O) groups excluding carboxylic acids is 1. The predicted molar refractivity (Wildman–Crippen MR) is 136 cm³/mol. The number of nitrogens with one attached hydrogen (secondary N) is 1. The van der Waals surface area contributed by atoms with Gasteiger partial charge in [-0.05, 0) is 112 Å². The maximum Gasteiger partial charge on any atom is 0.419 e. The van der Waals surface area contributed by atoms with Gasteiger partial charge >= 0.3 is 12.2 Å². The molecular formula is C29H32F4N4O. The van der Waals surface area contributed by atoms with Crippen LogP contribution in [0.2, 0.25) is 0 Å². The Kier molecular flexibility index (Phi) is 7.36. The van der Waals surface area contributed by atoms with E-state index in [4.69, 9.17) is 0 Å². The lowest BCUT2D eigenvalue weighted by atomic mass is 9.80. The van der Waals surface area contributed by atoms with Gasteiger partial charge < -0.3 is 15.1 Å². The molecule has 2 amide bonds. The van der Waals surface area contributed by atoms with Gasteiger partial charge in [0.05, 0.1) is 17.2 Å². The summed E-state index contributed by atoms with van der Waals surface area (Å²) in [6.45, 7) is 3.49. The second kappa shape index (κ2) is 10.6. The van der Waals surface area contributed by atoms with Crippen LogP contribution in [0.25, 0.3) is 0 Å². The van der Waals surface area contributed by atoms with Crippen LogP contribution in [0.5, 0.6) is 0 Å². The summed E-state index contributed by atoms with van der Waals surface area (Å²) in [6.07, 6.45) is 1.78. The smallest absolute Gasteiger partial charge is 0.321 e. The molecular weight excluding hydrogens is 496 g/mol. The summed E-state index contributed by atoms with van der Waals surface area (Å²) in [7, 11) is 0. The van der Waals surface area contributed by atoms with Crippen molar-refractivity contribution in [3.63, 3.8) is 0 Å². The van der Waals surface area contributed by atoms with Crippen LogP contribution in [0, 0.1) is 23.1 Å². The van der Waals surface area contributed by atoms with E-state index in [0.717, 1.165) is 57.8 Å². The summed E-state index contributed by atoms with van der Waals surface area (Å²) in [4.78, 5) is 17.6. The Morgan fingerprint density at radius 2 is 1.97 bits per heavy atom. The molecule has 5 rings (SSSR count). The number of hydrogen-bond donors (Lipinski definition) is 1. The van der Waals surface area contributed by atoms with Crippen molar-refractivity contribution in [3.8, 4) is 6.07 Å². The van der Waals surface area contributed by atoms with E-state index >= 15 is 0 Å². The number of carbonyl (C=O) groups is 1. The normalized spacial score (nSPS) is 24.9. The van der Waals surface area contributed by atoms with Gasteiger partial charge in [0.1, 0.15) is 5.82 Å². The monoisotopic (exact) mass is 528 g/mol. The number of alkyl halides is 3. The minimum atomic E-state index is -4.85. The van der Waals surface area contributed by atoms with Crippen LogP contribution in [0.3, 0.4) is 0 Å². The Hall–Kier alpha value is -3.12. The molecule has 9 heteroatoms. The van der Waals surface area contributed by atoms with Gasteiger partial charge in [-0.25, -0.2) is 9.18 Å². The number of nitriles is 1. The minimum absolute atomic E-state index is 0.0316. The number of benzene rings is 2. The standard InChI is InChI=1S/C29H32F4N4O/c30-26-8-7-23(17-25(26)29(31,32)33)35-27(38)37(14-4-13-36-11-1-2-12-36)24-9-10-28(18-22(28)16-24)21-6-3-5-20(15-21)19-34/h3,5-8,15,17,22,24H,1-2,4,9-14,16,18H2,(H,35,38)/t22?,24-,28-/m1/s1. The number of anilines is 1. The first-order chi connectivity index (χ1) is 18.2. The van der Waals surface area contributed by atoms with Crippen molar-refractivity contribution in [2.75, 3.05) is 31.5 Å². The van der Waals surface area contributed by atoms with Crippen LogP contribution in [0.1, 0.15) is 61.6 Å². The van der Waals surface area contributed by atoms with Crippen molar-refractivity contribution >= 4 is 11.7 Å². The molecule has 1 N–H and O–H groups in total. The van der Waals surface area contributed by atoms with E-state index < -0.39 is 23.6 Å². The molecule has 2 aromatic rings. The van der Waals surface area contributed by atoms with Crippen molar-refractivity contribution in [3.05, 3.63) is 65.0 Å². The van der Waals surface area contributed by atoms with E-state index in [0.29, 0.717) is 24.1 Å². The summed E-state index contributed by atoms with van der Waals surface area (Å²) in [5.41, 5.74) is 0.398. The van der Waals surface area contributed by atoms with Crippen LogP contribution < -0.4 is 5.32 Å². The van der Waals surface area contributed by atoms with Crippen molar-refractivity contribution in [1.29, 1.82) is 5.26 Å². The zero-order chi connectivity index (χ0) is 26.9. The molecule has 202 valence electrons. The third-order valence-electron chi connectivity index (χ3n) is 8.58. The number of fused-ring (bicyclic) bond motifs is 1.